The normalized spacial score (nSPS) is 15.7. The first-order valence-corrected chi connectivity index (χ1v) is 4.46. The lowest BCUT2D eigenvalue weighted by atomic mass is 10.1. The predicted octanol–water partition coefficient (Wildman–Crippen LogP) is 1.27. The average molecular weight is 209 g/mol. The highest BCUT2D eigenvalue weighted by molar-refractivity contribution is 6.68. The van der Waals surface area contributed by atoms with E-state index in [-0.39, 0.29) is 0 Å². The van der Waals surface area contributed by atoms with Crippen LogP contribution < -0.4 is 11.3 Å². The van der Waals surface area contributed by atoms with Crippen molar-refractivity contribution >= 4 is 22.5 Å². The summed E-state index contributed by atoms with van der Waals surface area (Å²) in [5, 5.41) is 5.20. The Hall–Kier alpha value is -1.52. The summed E-state index contributed by atoms with van der Waals surface area (Å²) in [7, 11) is 0. The molecule has 1 heterocycles. The van der Waals surface area contributed by atoms with Crippen LogP contribution >= 0.6 is 11.6 Å². The standard InChI is InChI=1S/C9H9ClN4/c10-9-6-8(12-14(11)13-9)7-4-2-1-3-5-7/h1-6,12H,11H2. The van der Waals surface area contributed by atoms with E-state index < -0.39 is 0 Å². The molecule has 14 heavy (non-hydrogen) atoms. The quantitative estimate of drug-likeness (QED) is 0.684. The van der Waals surface area contributed by atoms with E-state index in [0.717, 1.165) is 16.5 Å². The minimum atomic E-state index is 0.352. The van der Waals surface area contributed by atoms with Crippen LogP contribution in [0.15, 0.2) is 41.5 Å². The molecular formula is C9H9ClN4. The highest BCUT2D eigenvalue weighted by atomic mass is 35.5. The summed E-state index contributed by atoms with van der Waals surface area (Å²) in [6.45, 7) is 0. The third kappa shape index (κ3) is 1.86. The number of allylic oxidation sites excluding steroid dienone is 1. The van der Waals surface area contributed by atoms with Gasteiger partial charge in [-0.1, -0.05) is 41.9 Å². The van der Waals surface area contributed by atoms with E-state index >= 15 is 0 Å². The molecule has 1 aromatic rings. The van der Waals surface area contributed by atoms with Gasteiger partial charge in [0.25, 0.3) is 0 Å². The fourth-order valence-electron chi connectivity index (χ4n) is 1.20. The number of nitrogens with zero attached hydrogens (tertiary/aromatic N) is 2. The molecule has 0 fully saturated rings. The zero-order chi connectivity index (χ0) is 9.97. The maximum absolute atomic E-state index is 5.77. The molecule has 4 nitrogen and oxygen atoms in total. The Morgan fingerprint density at radius 1 is 1.29 bits per heavy atom. The first-order valence-electron chi connectivity index (χ1n) is 4.08. The number of hydrazine groups is 2. The van der Waals surface area contributed by atoms with Gasteiger partial charge in [0.1, 0.15) is 0 Å². The third-order valence-corrected chi connectivity index (χ3v) is 1.97. The molecule has 1 aliphatic heterocycles. The van der Waals surface area contributed by atoms with Crippen LogP contribution in [0, 0.1) is 0 Å². The Balaban J connectivity index is 2.33. The molecule has 3 N–H and O–H groups in total. The zero-order valence-electron chi connectivity index (χ0n) is 7.31. The molecule has 0 aromatic heterocycles. The van der Waals surface area contributed by atoms with Crippen molar-refractivity contribution in [3.05, 3.63) is 42.0 Å². The number of nitrogens with one attached hydrogen (secondary N) is 1. The van der Waals surface area contributed by atoms with Crippen molar-refractivity contribution in [1.82, 2.24) is 10.7 Å². The van der Waals surface area contributed by atoms with E-state index in [0.29, 0.717) is 5.17 Å². The van der Waals surface area contributed by atoms with Crippen LogP contribution in [-0.4, -0.2) is 10.4 Å². The van der Waals surface area contributed by atoms with Crippen molar-refractivity contribution in [2.45, 2.75) is 0 Å². The Labute approximate surface area is 86.6 Å². The summed E-state index contributed by atoms with van der Waals surface area (Å²) < 4.78 is 0. The molecule has 0 atom stereocenters. The van der Waals surface area contributed by atoms with Gasteiger partial charge < -0.3 is 0 Å². The lowest BCUT2D eigenvalue weighted by Crippen LogP contribution is -2.40. The minimum absolute atomic E-state index is 0.352. The van der Waals surface area contributed by atoms with E-state index in [4.69, 9.17) is 17.4 Å². The van der Waals surface area contributed by atoms with E-state index in [1.54, 1.807) is 6.08 Å². The molecular weight excluding hydrogens is 200 g/mol. The van der Waals surface area contributed by atoms with Crippen LogP contribution in [0.5, 0.6) is 0 Å². The molecule has 5 heteroatoms. The van der Waals surface area contributed by atoms with E-state index in [1.807, 2.05) is 30.3 Å². The second-order valence-corrected chi connectivity index (χ2v) is 3.19. The van der Waals surface area contributed by atoms with Crippen LogP contribution in [0.3, 0.4) is 0 Å². The molecule has 0 saturated carbocycles. The smallest absolute Gasteiger partial charge is 0.154 e. The van der Waals surface area contributed by atoms with Gasteiger partial charge in [0, 0.05) is 6.08 Å². The van der Waals surface area contributed by atoms with Crippen LogP contribution in [0.4, 0.5) is 0 Å². The van der Waals surface area contributed by atoms with Gasteiger partial charge in [0.15, 0.2) is 5.17 Å². The second-order valence-electron chi connectivity index (χ2n) is 2.80. The SMILES string of the molecule is NN1N=C(Cl)C=C(c2ccccc2)N1. The third-order valence-electron chi connectivity index (χ3n) is 1.79. The number of hydrogen-bond acceptors (Lipinski definition) is 4. The Morgan fingerprint density at radius 2 is 2.00 bits per heavy atom. The molecule has 0 amide bonds. The zero-order valence-corrected chi connectivity index (χ0v) is 8.07. The van der Waals surface area contributed by atoms with E-state index in [2.05, 4.69) is 10.5 Å². The Kier molecular flexibility index (Phi) is 2.39. The molecule has 0 saturated heterocycles. The lowest BCUT2D eigenvalue weighted by molar-refractivity contribution is 0.246. The predicted molar refractivity (Wildman–Crippen MR) is 56.9 cm³/mol. The van der Waals surface area contributed by atoms with Gasteiger partial charge in [-0.2, -0.15) is 0 Å². The monoisotopic (exact) mass is 208 g/mol. The van der Waals surface area contributed by atoms with Crippen molar-refractivity contribution in [3.63, 3.8) is 0 Å². The lowest BCUT2D eigenvalue weighted by Gasteiger charge is -2.21. The number of hydrazone groups is 1. The summed E-state index contributed by atoms with van der Waals surface area (Å²) in [6, 6.07) is 9.75. The number of benzene rings is 1. The van der Waals surface area contributed by atoms with Crippen LogP contribution in [0.1, 0.15) is 5.56 Å². The highest BCUT2D eigenvalue weighted by Crippen LogP contribution is 2.14. The molecule has 1 aliphatic rings. The second kappa shape index (κ2) is 3.69. The van der Waals surface area contributed by atoms with Gasteiger partial charge in [-0.05, 0) is 5.56 Å². The minimum Gasteiger partial charge on any atom is -0.267 e. The fourth-order valence-corrected chi connectivity index (χ4v) is 1.39. The van der Waals surface area contributed by atoms with Crippen molar-refractivity contribution in [3.8, 4) is 0 Å². The first-order chi connectivity index (χ1) is 6.75. The number of rotatable bonds is 1. The van der Waals surface area contributed by atoms with Crippen LogP contribution in [0.2, 0.25) is 0 Å². The van der Waals surface area contributed by atoms with Crippen molar-refractivity contribution < 1.29 is 0 Å². The van der Waals surface area contributed by atoms with Gasteiger partial charge >= 0.3 is 0 Å². The molecule has 2 rings (SSSR count). The van der Waals surface area contributed by atoms with Crippen molar-refractivity contribution in [2.24, 2.45) is 10.9 Å². The number of hydrogen-bond donors (Lipinski definition) is 2. The average Bonchev–Trinajstić information content (AvgIpc) is 2.18. The number of nitrogens with two attached hydrogens (primary N) is 1. The molecule has 0 aliphatic carbocycles. The number of halogens is 1. The molecule has 0 radical (unpaired) electrons. The van der Waals surface area contributed by atoms with E-state index in [9.17, 15) is 0 Å². The highest BCUT2D eigenvalue weighted by Gasteiger charge is 2.09. The first kappa shape index (κ1) is 9.05. The van der Waals surface area contributed by atoms with Crippen LogP contribution in [-0.2, 0) is 0 Å². The van der Waals surface area contributed by atoms with Crippen molar-refractivity contribution in [1.29, 1.82) is 0 Å². The Morgan fingerprint density at radius 3 is 2.64 bits per heavy atom. The summed E-state index contributed by atoms with van der Waals surface area (Å²) in [6.07, 6.45) is 1.72. The van der Waals surface area contributed by atoms with Gasteiger partial charge in [-0.25, -0.2) is 5.84 Å². The molecule has 0 bridgehead atoms. The van der Waals surface area contributed by atoms with Gasteiger partial charge in [-0.3, -0.25) is 5.43 Å². The molecule has 1 aromatic carbocycles. The fraction of sp³-hybridized carbons (Fsp3) is 0. The maximum Gasteiger partial charge on any atom is 0.154 e. The van der Waals surface area contributed by atoms with Crippen molar-refractivity contribution in [2.75, 3.05) is 0 Å². The summed E-state index contributed by atoms with van der Waals surface area (Å²) in [5.41, 5.74) is 4.70. The van der Waals surface area contributed by atoms with Crippen LogP contribution in [0.25, 0.3) is 5.70 Å². The van der Waals surface area contributed by atoms with Gasteiger partial charge in [0.05, 0.1) is 5.70 Å². The maximum atomic E-state index is 5.77. The van der Waals surface area contributed by atoms with Gasteiger partial charge in [-0.15, -0.1) is 10.3 Å². The van der Waals surface area contributed by atoms with Gasteiger partial charge in [0.2, 0.25) is 0 Å². The molecule has 0 unspecified atom stereocenters. The Bertz CT molecular complexity index is 385. The summed E-state index contributed by atoms with van der Waals surface area (Å²) >= 11 is 5.77. The van der Waals surface area contributed by atoms with E-state index in [1.165, 1.54) is 0 Å². The molecule has 72 valence electrons. The largest absolute Gasteiger partial charge is 0.267 e. The summed E-state index contributed by atoms with van der Waals surface area (Å²) in [4.78, 5) is 0. The topological polar surface area (TPSA) is 53.6 Å². The molecule has 0 spiro atoms. The summed E-state index contributed by atoms with van der Waals surface area (Å²) in [5.74, 6) is 5.46.